The average molecular weight is 302 g/mol. The van der Waals surface area contributed by atoms with Crippen LogP contribution >= 0.6 is 0 Å². The largest absolute Gasteiger partial charge is 0.465 e. The maximum absolute atomic E-state index is 11.8. The monoisotopic (exact) mass is 302 g/mol. The van der Waals surface area contributed by atoms with Crippen molar-refractivity contribution in [2.24, 2.45) is 0 Å². The van der Waals surface area contributed by atoms with Crippen molar-refractivity contribution in [3.8, 4) is 0 Å². The summed E-state index contributed by atoms with van der Waals surface area (Å²) in [4.78, 5) is 42.6. The van der Waals surface area contributed by atoms with Crippen molar-refractivity contribution in [2.45, 2.75) is 6.54 Å². The van der Waals surface area contributed by atoms with Gasteiger partial charge in [0, 0.05) is 37.7 Å². The Kier molecular flexibility index (Phi) is 4.97. The molecule has 0 fully saturated rings. The zero-order valence-electron chi connectivity index (χ0n) is 11.9. The second-order valence-corrected chi connectivity index (χ2v) is 4.29. The fraction of sp³-hybridized carbons (Fsp3) is 0.214. The molecular weight excluding hydrogens is 288 g/mol. The van der Waals surface area contributed by atoms with Crippen LogP contribution in [0.5, 0.6) is 0 Å². The maximum Gasteiger partial charge on any atom is 0.339 e. The molecule has 1 amide bonds. The van der Waals surface area contributed by atoms with Gasteiger partial charge < -0.3 is 14.6 Å². The zero-order chi connectivity index (χ0) is 15.9. The quantitative estimate of drug-likeness (QED) is 0.771. The second kappa shape index (κ2) is 7.11. The van der Waals surface area contributed by atoms with Crippen LogP contribution < -0.4 is 10.9 Å². The third-order valence-electron chi connectivity index (χ3n) is 2.84. The molecule has 0 aliphatic carbocycles. The van der Waals surface area contributed by atoms with Gasteiger partial charge in [-0.2, -0.15) is 0 Å². The number of esters is 1. The topological polar surface area (TPSA) is 103 Å². The van der Waals surface area contributed by atoms with Crippen LogP contribution in [0.4, 0.5) is 0 Å². The highest BCUT2D eigenvalue weighted by molar-refractivity contribution is 5.91. The van der Waals surface area contributed by atoms with Gasteiger partial charge in [0.15, 0.2) is 0 Å². The summed E-state index contributed by atoms with van der Waals surface area (Å²) in [6.07, 6.45) is 5.62. The van der Waals surface area contributed by atoms with Crippen molar-refractivity contribution in [1.82, 2.24) is 19.9 Å². The van der Waals surface area contributed by atoms with Gasteiger partial charge in [0.25, 0.3) is 11.5 Å². The number of hydrogen-bond donors (Lipinski definition) is 1. The van der Waals surface area contributed by atoms with E-state index in [0.29, 0.717) is 0 Å². The Balaban J connectivity index is 1.98. The summed E-state index contributed by atoms with van der Waals surface area (Å²) in [5, 5.41) is 2.62. The van der Waals surface area contributed by atoms with Crippen LogP contribution in [0.25, 0.3) is 0 Å². The highest BCUT2D eigenvalue weighted by atomic mass is 16.5. The van der Waals surface area contributed by atoms with Gasteiger partial charge in [0.05, 0.1) is 18.9 Å². The Labute approximate surface area is 125 Å². The third-order valence-corrected chi connectivity index (χ3v) is 2.84. The first-order valence-corrected chi connectivity index (χ1v) is 6.45. The summed E-state index contributed by atoms with van der Waals surface area (Å²) in [6, 6.07) is 2.67. The van der Waals surface area contributed by atoms with Gasteiger partial charge in [-0.1, -0.05) is 0 Å². The summed E-state index contributed by atoms with van der Waals surface area (Å²) < 4.78 is 5.92. The molecule has 0 radical (unpaired) electrons. The van der Waals surface area contributed by atoms with Crippen molar-refractivity contribution >= 4 is 11.9 Å². The number of ether oxygens (including phenoxy) is 1. The van der Waals surface area contributed by atoms with Crippen LogP contribution in [0.15, 0.2) is 41.7 Å². The SMILES string of the molecule is COC(=O)c1ccc(=O)n(CCNC(=O)c2cnccn2)c1. The van der Waals surface area contributed by atoms with Gasteiger partial charge in [-0.15, -0.1) is 0 Å². The van der Waals surface area contributed by atoms with E-state index in [4.69, 9.17) is 0 Å². The van der Waals surface area contributed by atoms with Crippen LogP contribution in [0, 0.1) is 0 Å². The molecule has 0 atom stereocenters. The molecule has 2 aromatic heterocycles. The molecule has 0 aliphatic rings. The molecular formula is C14H14N4O4. The minimum absolute atomic E-state index is 0.193. The first-order valence-electron chi connectivity index (χ1n) is 6.45. The van der Waals surface area contributed by atoms with E-state index in [9.17, 15) is 14.4 Å². The summed E-state index contributed by atoms with van der Waals surface area (Å²) in [7, 11) is 1.26. The Morgan fingerprint density at radius 1 is 1.32 bits per heavy atom. The molecule has 2 rings (SSSR count). The number of hydrogen-bond acceptors (Lipinski definition) is 6. The number of carbonyl (C=O) groups is 2. The molecule has 0 saturated heterocycles. The smallest absolute Gasteiger partial charge is 0.339 e. The van der Waals surface area contributed by atoms with Gasteiger partial charge in [0.2, 0.25) is 0 Å². The molecule has 2 heterocycles. The number of amides is 1. The number of nitrogens with zero attached hydrogens (tertiary/aromatic N) is 3. The van der Waals surface area contributed by atoms with E-state index in [2.05, 4.69) is 20.0 Å². The van der Waals surface area contributed by atoms with Gasteiger partial charge in [-0.05, 0) is 6.07 Å². The van der Waals surface area contributed by atoms with E-state index in [1.165, 1.54) is 48.6 Å². The number of methoxy groups -OCH3 is 1. The normalized spacial score (nSPS) is 10.0. The molecule has 0 aliphatic heterocycles. The van der Waals surface area contributed by atoms with Gasteiger partial charge in [0.1, 0.15) is 5.69 Å². The molecule has 0 unspecified atom stereocenters. The molecule has 114 valence electrons. The van der Waals surface area contributed by atoms with Gasteiger partial charge in [-0.3, -0.25) is 14.6 Å². The minimum atomic E-state index is -0.530. The van der Waals surface area contributed by atoms with Gasteiger partial charge in [-0.25, -0.2) is 9.78 Å². The van der Waals surface area contributed by atoms with Gasteiger partial charge >= 0.3 is 5.97 Å². The maximum atomic E-state index is 11.8. The number of rotatable bonds is 5. The lowest BCUT2D eigenvalue weighted by Crippen LogP contribution is -2.31. The summed E-state index contributed by atoms with van der Waals surface area (Å²) in [5.74, 6) is -0.914. The van der Waals surface area contributed by atoms with E-state index in [1.54, 1.807) is 0 Å². The van der Waals surface area contributed by atoms with Crippen molar-refractivity contribution in [1.29, 1.82) is 0 Å². The summed E-state index contributed by atoms with van der Waals surface area (Å²) >= 11 is 0. The third kappa shape index (κ3) is 3.75. The predicted molar refractivity (Wildman–Crippen MR) is 76.4 cm³/mol. The van der Waals surface area contributed by atoms with E-state index in [1.807, 2.05) is 0 Å². The molecule has 0 saturated carbocycles. The van der Waals surface area contributed by atoms with Crippen molar-refractivity contribution in [3.63, 3.8) is 0 Å². The molecule has 0 aromatic carbocycles. The van der Waals surface area contributed by atoms with Crippen LogP contribution in [-0.2, 0) is 11.3 Å². The fourth-order valence-electron chi connectivity index (χ4n) is 1.74. The predicted octanol–water partition coefficient (Wildman–Crippen LogP) is -0.145. The van der Waals surface area contributed by atoms with E-state index in [0.717, 1.165) is 0 Å². The Bertz CT molecular complexity index is 727. The molecule has 8 heteroatoms. The highest BCUT2D eigenvalue weighted by Crippen LogP contribution is 1.98. The number of nitrogens with one attached hydrogen (secondary N) is 1. The fourth-order valence-corrected chi connectivity index (χ4v) is 1.74. The lowest BCUT2D eigenvalue weighted by molar-refractivity contribution is 0.0599. The number of carbonyl (C=O) groups excluding carboxylic acids is 2. The lowest BCUT2D eigenvalue weighted by atomic mass is 10.3. The first kappa shape index (κ1) is 15.4. The summed E-state index contributed by atoms with van der Waals surface area (Å²) in [5.41, 5.74) is 0.182. The molecule has 22 heavy (non-hydrogen) atoms. The van der Waals surface area contributed by atoms with Crippen LogP contribution in [0.1, 0.15) is 20.8 Å². The van der Waals surface area contributed by atoms with E-state index < -0.39 is 5.97 Å². The van der Waals surface area contributed by atoms with Crippen LogP contribution in [0.3, 0.4) is 0 Å². The number of pyridine rings is 1. The van der Waals surface area contributed by atoms with Crippen molar-refractivity contribution < 1.29 is 14.3 Å². The standard InChI is InChI=1S/C14H14N4O4/c1-22-14(21)10-2-3-12(19)18(9-10)7-6-17-13(20)11-8-15-4-5-16-11/h2-5,8-9H,6-7H2,1H3,(H,17,20). The van der Waals surface area contributed by atoms with Crippen molar-refractivity contribution in [3.05, 3.63) is 58.5 Å². The Hall–Kier alpha value is -3.03. The lowest BCUT2D eigenvalue weighted by Gasteiger charge is -2.08. The molecule has 0 bridgehead atoms. The molecule has 8 nitrogen and oxygen atoms in total. The van der Waals surface area contributed by atoms with E-state index in [-0.39, 0.29) is 35.8 Å². The minimum Gasteiger partial charge on any atom is -0.465 e. The Morgan fingerprint density at radius 3 is 2.82 bits per heavy atom. The van der Waals surface area contributed by atoms with Crippen LogP contribution in [-0.4, -0.2) is 40.1 Å². The number of aromatic nitrogens is 3. The molecule has 1 N–H and O–H groups in total. The molecule has 2 aromatic rings. The molecule has 0 spiro atoms. The Morgan fingerprint density at radius 2 is 2.14 bits per heavy atom. The van der Waals surface area contributed by atoms with Crippen molar-refractivity contribution in [2.75, 3.05) is 13.7 Å². The highest BCUT2D eigenvalue weighted by Gasteiger charge is 2.09. The zero-order valence-corrected chi connectivity index (χ0v) is 11.9. The average Bonchev–Trinajstić information content (AvgIpc) is 2.56. The van der Waals surface area contributed by atoms with E-state index >= 15 is 0 Å². The first-order chi connectivity index (χ1) is 10.6. The second-order valence-electron chi connectivity index (χ2n) is 4.29. The summed E-state index contributed by atoms with van der Waals surface area (Å²) in [6.45, 7) is 0.426. The van der Waals surface area contributed by atoms with Crippen LogP contribution in [0.2, 0.25) is 0 Å².